The zero-order valence-electron chi connectivity index (χ0n) is 85.4. The van der Waals surface area contributed by atoms with Crippen molar-refractivity contribution in [3.63, 3.8) is 0 Å². The van der Waals surface area contributed by atoms with Crippen LogP contribution >= 0.6 is 0 Å². The van der Waals surface area contributed by atoms with Crippen molar-refractivity contribution in [2.75, 3.05) is 0 Å². The fourth-order valence-electron chi connectivity index (χ4n) is 14.9. The van der Waals surface area contributed by atoms with E-state index in [1.807, 2.05) is 149 Å². The smallest absolute Gasteiger partial charge is 0.116 e. The first kappa shape index (κ1) is 123. The molecule has 14 rings (SSSR count). The molecule has 0 bridgehead atoms. The average Bonchev–Trinajstić information content (AvgIpc) is 0.924. The van der Waals surface area contributed by atoms with Crippen LogP contribution in [0.1, 0.15) is 263 Å². The Bertz CT molecular complexity index is 5830. The molecule has 0 spiro atoms. The zero-order valence-corrected chi connectivity index (χ0v) is 95.0. The Hall–Kier alpha value is -9.76. The fourth-order valence-corrected chi connectivity index (χ4v) is 14.9. The van der Waals surface area contributed by atoms with E-state index in [9.17, 15) is 10.2 Å². The number of aromatic nitrogens is 19. The van der Waals surface area contributed by atoms with Crippen LogP contribution in [0.2, 0.25) is 0 Å². The maximum absolute atomic E-state index is 9.64. The Kier molecular flexibility index (Phi) is 55.5. The van der Waals surface area contributed by atoms with Crippen molar-refractivity contribution in [2.45, 2.75) is 305 Å². The average molecular weight is 2590 g/mol. The van der Waals surface area contributed by atoms with Crippen LogP contribution in [0, 0.1) is 114 Å². The number of aliphatic hydroxyl groups is 6. The van der Waals surface area contributed by atoms with Crippen LogP contribution in [0.3, 0.4) is 0 Å². The van der Waals surface area contributed by atoms with Crippen LogP contribution < -0.4 is 5.10 Å². The number of unbranched alkanes of at least 4 members (excludes halogenated alkanes) is 4. The molecule has 14 aromatic rings. The molecule has 4 radical (unpaired) electrons. The molecular weight excluding hydrogens is 2450 g/mol. The van der Waals surface area contributed by atoms with E-state index in [1.165, 1.54) is 42.4 Å². The molecule has 0 amide bonds. The third-order valence-electron chi connectivity index (χ3n) is 21.8. The maximum Gasteiger partial charge on any atom is 0.116 e. The van der Waals surface area contributed by atoms with Gasteiger partial charge < -0.3 is 60.7 Å². The molecule has 6 N–H and O–H groups in total. The van der Waals surface area contributed by atoms with Crippen molar-refractivity contribution < 1.29 is 111 Å². The van der Waals surface area contributed by atoms with Crippen molar-refractivity contribution in [1.29, 1.82) is 0 Å². The van der Waals surface area contributed by atoms with Gasteiger partial charge in [0, 0.05) is 168 Å². The van der Waals surface area contributed by atoms with Gasteiger partial charge in [-0.1, -0.05) is 203 Å². The van der Waals surface area contributed by atoms with Crippen LogP contribution in [-0.2, 0) is 85.8 Å². The summed E-state index contributed by atoms with van der Waals surface area (Å²) in [5.41, 5.74) is 30.3. The van der Waals surface area contributed by atoms with Gasteiger partial charge in [0.15, 0.2) is 0 Å². The predicted octanol–water partition coefficient (Wildman–Crippen LogP) is 21.8. The number of aliphatic hydroxyl groups excluding tert-OH is 6. The first-order chi connectivity index (χ1) is 64.2. The monoisotopic (exact) mass is 2590 g/mol. The molecule has 1 aromatic carbocycles. The molecule has 0 saturated heterocycles. The van der Waals surface area contributed by atoms with E-state index in [-0.39, 0.29) is 122 Å². The summed E-state index contributed by atoms with van der Waals surface area (Å²) in [6.45, 7) is 52.0. The topological polar surface area (TPSA) is 367 Å². The van der Waals surface area contributed by atoms with Crippen molar-refractivity contribution in [2.24, 2.45) is 0 Å². The van der Waals surface area contributed by atoms with E-state index in [2.05, 4.69) is 220 Å². The minimum atomic E-state index is -0.375. The quantitative estimate of drug-likeness (QED) is 0.0229. The molecule has 29 heteroatoms. The second-order valence-electron chi connectivity index (χ2n) is 35.8. The predicted molar refractivity (Wildman–Crippen MR) is 539 cm³/mol. The molecule has 25 nitrogen and oxygen atoms in total. The molecule has 0 saturated carbocycles. The Morgan fingerprint density at radius 3 is 1.29 bits per heavy atom. The molecule has 6 atom stereocenters. The van der Waals surface area contributed by atoms with E-state index < -0.39 is 0 Å². The van der Waals surface area contributed by atoms with Crippen LogP contribution in [0.15, 0.2) is 160 Å². The second kappa shape index (κ2) is 62.5. The molecule has 6 unspecified atom stereocenters. The van der Waals surface area contributed by atoms with Gasteiger partial charge in [0.25, 0.3) is 0 Å². The molecule has 752 valence electrons. The fraction of sp³-hybridized carbons (Fsp3) is 0.418. The Labute approximate surface area is 879 Å². The number of pyridine rings is 8. The number of nitrogens with zero attached hydrogens (tertiary/aromatic N) is 19. The molecule has 0 aliphatic rings. The molecule has 0 aliphatic heterocycles. The van der Waals surface area contributed by atoms with Crippen LogP contribution in [0.4, 0.5) is 0 Å². The second-order valence-corrected chi connectivity index (χ2v) is 35.8. The van der Waals surface area contributed by atoms with Crippen molar-refractivity contribution in [3.8, 4) is 101 Å². The third kappa shape index (κ3) is 39.2. The van der Waals surface area contributed by atoms with Gasteiger partial charge in [-0.15, -0.1) is 70.3 Å². The first-order valence-corrected chi connectivity index (χ1v) is 46.7. The summed E-state index contributed by atoms with van der Waals surface area (Å²) in [5.74, 6) is 2.99. The van der Waals surface area contributed by atoms with Gasteiger partial charge in [-0.25, -0.2) is 19.9 Å². The number of aryl methyl sites for hydroxylation is 13. The molecule has 13 aromatic heterocycles. The van der Waals surface area contributed by atoms with Gasteiger partial charge in [-0.3, -0.25) is 45.0 Å². The minimum Gasteiger partial charge on any atom is -0.420 e. The standard InChI is InChI=1S/C22H18N5.C22H24N3.C18H17N4.C14H16N3.C13H28O2.C11H13N4.2C5H12O2.4Ir/c1-14-17(7-4-10-23-14)20-21(18-8-5-11-24-15(18)2)26-13-27-22(20)19-9-6-12-25-16(19)3;1-14(2)17-8-6-9-18(15(3)4)22(17)21-12-20(24-13-25-21)19-10-7-11-23-16(19)5;1-11-8-19-9-12(2)16(11)17-14(4)21-10-22-18(17)15-6-5-7-20-13(15)3;1-8-6-13(11(4)16-10(8)3)14-7-9(2)15-12(5)17-14;1-3-5-7-9-12(14)11-13(15)10-8-6-4-2;1-11(2,3)10-13-9(14-15-10)8-6-4-5-7-12-8;2*1-4(6)3-5(2)7;;;;/h4-8,10-13H,1-3H3;6-9,11-15H,1-5H3;5,7-10H,1-4H3;7H,1-5H3;12-15H,3-11H2,1-2H3;4-7H,1-3H3;2*4-7H,3H2,1-2H3;;;;/q4*-1;;-1;;;;;;. The van der Waals surface area contributed by atoms with Gasteiger partial charge in [-0.05, 0) is 241 Å². The summed E-state index contributed by atoms with van der Waals surface area (Å²) in [5, 5.41) is 61.6. The molecular formula is C110H140Ir4N19O6-5. The van der Waals surface area contributed by atoms with Crippen molar-refractivity contribution >= 4 is 0 Å². The van der Waals surface area contributed by atoms with E-state index in [4.69, 9.17) is 20.4 Å². The van der Waals surface area contributed by atoms with Gasteiger partial charge in [0.05, 0.1) is 53.7 Å². The molecule has 13 heterocycles. The summed E-state index contributed by atoms with van der Waals surface area (Å²) >= 11 is 0. The van der Waals surface area contributed by atoms with Crippen LogP contribution in [0.5, 0.6) is 0 Å². The Balaban J connectivity index is 0.000000420. The third-order valence-corrected chi connectivity index (χ3v) is 21.8. The van der Waals surface area contributed by atoms with Crippen LogP contribution in [0.25, 0.3) is 101 Å². The summed E-state index contributed by atoms with van der Waals surface area (Å²) < 4.78 is 0. The van der Waals surface area contributed by atoms with Crippen molar-refractivity contribution in [3.05, 3.63) is 275 Å². The molecule has 0 fully saturated rings. The van der Waals surface area contributed by atoms with E-state index in [0.717, 1.165) is 195 Å². The summed E-state index contributed by atoms with van der Waals surface area (Å²) in [7, 11) is 0. The zero-order chi connectivity index (χ0) is 99.2. The number of hydrogen-bond donors (Lipinski definition) is 6. The van der Waals surface area contributed by atoms with E-state index in [1.54, 1.807) is 89.9 Å². The van der Waals surface area contributed by atoms with Crippen LogP contribution in [-0.4, -0.2) is 157 Å². The normalized spacial score (nSPS) is 11.9. The number of benzene rings is 1. The first-order valence-electron chi connectivity index (χ1n) is 46.7. The van der Waals surface area contributed by atoms with Gasteiger partial charge in [0.2, 0.25) is 0 Å². The largest absolute Gasteiger partial charge is 0.420 e. The number of hydrogen-bond acceptors (Lipinski definition) is 24. The van der Waals surface area contributed by atoms with Gasteiger partial charge >= 0.3 is 0 Å². The minimum absolute atomic E-state index is 0. The molecule has 0 aliphatic carbocycles. The number of rotatable bonds is 25. The SMILES string of the molecule is CC(C)(C)c1n[n-]c(-c2ccccn2)n1.CC(O)CC(C)O.CC(O)CC(C)O.CCCCCC(O)CC(O)CCCCC.Cc1cc(-c2[c-]c(C)c(C)nc2C)nc(C)n1.Cc1cncc(C)c1-c1c(C)ncnc1-c1[c-]ccnc1C.Cc1ncc[c-]c1-c1cc(-c2c(C(C)C)cccc2C(C)C)ncn1.Cc1ncc[c-]c1-c1ncnc(-c2cccnc2C)c1-c1cccnc1C.[Ir].[Ir].[Ir].[Ir]. The van der Waals surface area contributed by atoms with E-state index in [0.29, 0.717) is 36.9 Å². The Morgan fingerprint density at radius 2 is 0.835 bits per heavy atom. The van der Waals surface area contributed by atoms with Gasteiger partial charge in [0.1, 0.15) is 24.8 Å². The van der Waals surface area contributed by atoms with Gasteiger partial charge in [-0.2, -0.15) is 0 Å². The van der Waals surface area contributed by atoms with Crippen molar-refractivity contribution in [1.82, 2.24) is 94.9 Å². The Morgan fingerprint density at radius 1 is 0.367 bits per heavy atom. The van der Waals surface area contributed by atoms with E-state index >= 15 is 0 Å². The molecule has 139 heavy (non-hydrogen) atoms. The summed E-state index contributed by atoms with van der Waals surface area (Å²) in [6.07, 6.45) is 27.1. The maximum atomic E-state index is 9.64. The summed E-state index contributed by atoms with van der Waals surface area (Å²) in [4.78, 5) is 75.3. The summed E-state index contributed by atoms with van der Waals surface area (Å²) in [6, 6.07) is 42.8.